The summed E-state index contributed by atoms with van der Waals surface area (Å²) in [6.45, 7) is 6.80. The van der Waals surface area contributed by atoms with E-state index in [1.54, 1.807) is 6.20 Å². The zero-order chi connectivity index (χ0) is 28.7. The van der Waals surface area contributed by atoms with Crippen molar-refractivity contribution in [1.82, 2.24) is 19.6 Å². The van der Waals surface area contributed by atoms with E-state index in [1.165, 1.54) is 0 Å². The molecule has 0 aliphatic carbocycles. The number of likely N-dealkylation sites (tertiary alicyclic amines) is 1. The molecule has 1 saturated heterocycles. The molecule has 3 heterocycles. The minimum absolute atomic E-state index is 0.106. The summed E-state index contributed by atoms with van der Waals surface area (Å²) in [6, 6.07) is 7.74. The Morgan fingerprint density at radius 3 is 2.67 bits per heavy atom. The Morgan fingerprint density at radius 2 is 1.98 bits per heavy atom. The molecule has 9 nitrogen and oxygen atoms in total. The van der Waals surface area contributed by atoms with E-state index in [2.05, 4.69) is 44.1 Å². The van der Waals surface area contributed by atoms with Crippen LogP contribution in [0.1, 0.15) is 56.1 Å². The van der Waals surface area contributed by atoms with Gasteiger partial charge in [0.25, 0.3) is 0 Å². The van der Waals surface area contributed by atoms with Crippen LogP contribution >= 0.6 is 0 Å². The molecule has 1 N–H and O–H groups in total. The van der Waals surface area contributed by atoms with Crippen molar-refractivity contribution >= 4 is 11.9 Å². The highest BCUT2D eigenvalue weighted by molar-refractivity contribution is 5.79. The number of rotatable bonds is 15. The molecule has 3 atom stereocenters. The van der Waals surface area contributed by atoms with Gasteiger partial charge in [-0.3, -0.25) is 19.2 Å². The predicted molar refractivity (Wildman–Crippen MR) is 155 cm³/mol. The summed E-state index contributed by atoms with van der Waals surface area (Å²) in [5, 5.41) is 14.8. The number of quaternary nitrogens is 1. The molecular formula is C31H48N5O4+. The van der Waals surface area contributed by atoms with Crippen LogP contribution in [-0.4, -0.2) is 108 Å². The number of carboxylic acids is 1. The van der Waals surface area contributed by atoms with Crippen molar-refractivity contribution in [2.75, 3.05) is 60.5 Å². The smallest absolute Gasteiger partial charge is 0.308 e. The van der Waals surface area contributed by atoms with Gasteiger partial charge in [0.1, 0.15) is 5.75 Å². The number of hydrogen-bond acceptors (Lipinski definition) is 5. The number of aromatic nitrogens is 2. The topological polar surface area (TPSA) is 87.9 Å². The first-order valence-electron chi connectivity index (χ1n) is 14.9. The number of carbonyl (C=O) groups excluding carboxylic acids is 1. The molecule has 4 rings (SSSR count). The van der Waals surface area contributed by atoms with Crippen molar-refractivity contribution in [3.63, 3.8) is 0 Å². The monoisotopic (exact) mass is 554 g/mol. The van der Waals surface area contributed by atoms with Crippen LogP contribution < -0.4 is 4.74 Å². The highest BCUT2D eigenvalue weighted by Gasteiger charge is 2.47. The number of nitrogens with zero attached hydrogens (tertiary/aromatic N) is 5. The van der Waals surface area contributed by atoms with E-state index in [4.69, 9.17) is 4.74 Å². The lowest BCUT2D eigenvalue weighted by molar-refractivity contribution is -0.870. The minimum atomic E-state index is -0.801. The quantitative estimate of drug-likeness (QED) is 0.268. The minimum Gasteiger partial charge on any atom is -0.493 e. The summed E-state index contributed by atoms with van der Waals surface area (Å²) in [5.74, 6) is -0.585. The Kier molecular flexibility index (Phi) is 10.2. The van der Waals surface area contributed by atoms with Crippen LogP contribution in [0.3, 0.4) is 0 Å². The molecule has 1 aromatic carbocycles. The first kappa shape index (κ1) is 30.1. The lowest BCUT2D eigenvalue weighted by atomic mass is 9.83. The normalized spacial score (nSPS) is 20.9. The Labute approximate surface area is 239 Å². The van der Waals surface area contributed by atoms with Crippen molar-refractivity contribution < 1.29 is 23.9 Å². The molecule has 0 saturated carbocycles. The highest BCUT2D eigenvalue weighted by atomic mass is 16.5. The zero-order valence-corrected chi connectivity index (χ0v) is 24.8. The van der Waals surface area contributed by atoms with E-state index in [9.17, 15) is 14.7 Å². The van der Waals surface area contributed by atoms with Crippen molar-refractivity contribution in [3.8, 4) is 5.75 Å². The lowest BCUT2D eigenvalue weighted by Gasteiger charge is -2.30. The summed E-state index contributed by atoms with van der Waals surface area (Å²) in [4.78, 5) is 30.7. The van der Waals surface area contributed by atoms with E-state index in [0.717, 1.165) is 73.1 Å². The average molecular weight is 555 g/mol. The fourth-order valence-corrected chi connectivity index (χ4v) is 6.20. The first-order valence-corrected chi connectivity index (χ1v) is 14.9. The number of unbranched alkanes of at least 4 members (excludes halogenated alkanes) is 2. The number of fused-ring (bicyclic) bond motifs is 1. The molecule has 40 heavy (non-hydrogen) atoms. The Morgan fingerprint density at radius 1 is 1.18 bits per heavy atom. The molecule has 2 aliphatic rings. The van der Waals surface area contributed by atoms with E-state index in [1.807, 2.05) is 34.0 Å². The van der Waals surface area contributed by atoms with Crippen LogP contribution in [0.2, 0.25) is 0 Å². The highest BCUT2D eigenvalue weighted by Crippen LogP contribution is 2.41. The van der Waals surface area contributed by atoms with Gasteiger partial charge in [-0.15, -0.1) is 0 Å². The Balaban J connectivity index is 1.52. The average Bonchev–Trinajstić information content (AvgIpc) is 3.66. The third kappa shape index (κ3) is 7.85. The van der Waals surface area contributed by atoms with Gasteiger partial charge in [-0.2, -0.15) is 5.10 Å². The van der Waals surface area contributed by atoms with E-state index in [-0.39, 0.29) is 24.4 Å². The van der Waals surface area contributed by atoms with Gasteiger partial charge in [0.05, 0.1) is 46.8 Å². The summed E-state index contributed by atoms with van der Waals surface area (Å²) in [5.41, 5.74) is 2.17. The van der Waals surface area contributed by atoms with Crippen LogP contribution in [0.4, 0.5) is 0 Å². The zero-order valence-electron chi connectivity index (χ0n) is 24.8. The van der Waals surface area contributed by atoms with Gasteiger partial charge in [0.15, 0.2) is 0 Å². The van der Waals surface area contributed by atoms with Gasteiger partial charge in [0, 0.05) is 57.0 Å². The molecular weight excluding hydrogens is 506 g/mol. The second-order valence-corrected chi connectivity index (χ2v) is 12.4. The van der Waals surface area contributed by atoms with Crippen molar-refractivity contribution in [1.29, 1.82) is 0 Å². The van der Waals surface area contributed by atoms with Crippen molar-refractivity contribution in [2.24, 2.45) is 5.92 Å². The lowest BCUT2D eigenvalue weighted by Crippen LogP contribution is -2.45. The fraction of sp³-hybridized carbons (Fsp3) is 0.645. The summed E-state index contributed by atoms with van der Waals surface area (Å²) >= 11 is 0. The molecule has 1 aromatic heterocycles. The Bertz CT molecular complexity index is 1110. The Hall–Kier alpha value is -2.91. The van der Waals surface area contributed by atoms with E-state index < -0.39 is 11.9 Å². The summed E-state index contributed by atoms with van der Waals surface area (Å²) < 4.78 is 8.46. The molecule has 1 fully saturated rings. The van der Waals surface area contributed by atoms with Crippen LogP contribution in [-0.2, 0) is 22.6 Å². The SMILES string of the molecule is CCCCN(CCCC[N+](C)(C)C)C(=O)CN1C[C@H](c2ccc3c(c2)CCO3)[C@@H](C(=O)O)[C@@H]1CCn1cccn1. The third-order valence-corrected chi connectivity index (χ3v) is 8.37. The first-order chi connectivity index (χ1) is 19.2. The van der Waals surface area contributed by atoms with Gasteiger partial charge in [0.2, 0.25) is 5.91 Å². The predicted octanol–water partition coefficient (Wildman–Crippen LogP) is 3.49. The van der Waals surface area contributed by atoms with Crippen LogP contribution in [0.25, 0.3) is 0 Å². The number of hydrogen-bond donors (Lipinski definition) is 1. The largest absolute Gasteiger partial charge is 0.493 e. The van der Waals surface area contributed by atoms with Crippen LogP contribution in [0, 0.1) is 5.92 Å². The maximum atomic E-state index is 13.7. The maximum absolute atomic E-state index is 13.7. The maximum Gasteiger partial charge on any atom is 0.308 e. The number of aliphatic carboxylic acids is 1. The number of carbonyl (C=O) groups is 2. The van der Waals surface area contributed by atoms with Crippen molar-refractivity contribution in [3.05, 3.63) is 47.8 Å². The van der Waals surface area contributed by atoms with E-state index in [0.29, 0.717) is 26.1 Å². The van der Waals surface area contributed by atoms with Gasteiger partial charge < -0.3 is 19.2 Å². The summed E-state index contributed by atoms with van der Waals surface area (Å²) in [7, 11) is 6.58. The molecule has 1 amide bonds. The molecule has 0 unspecified atom stereocenters. The molecule has 0 radical (unpaired) electrons. The van der Waals surface area contributed by atoms with Gasteiger partial charge in [-0.1, -0.05) is 25.5 Å². The number of amides is 1. The molecule has 2 aliphatic heterocycles. The fourth-order valence-electron chi connectivity index (χ4n) is 6.20. The second-order valence-electron chi connectivity index (χ2n) is 12.4. The number of carboxylic acid groups (broad SMARTS) is 1. The molecule has 2 aromatic rings. The van der Waals surface area contributed by atoms with Crippen LogP contribution in [0.15, 0.2) is 36.7 Å². The van der Waals surface area contributed by atoms with Crippen LogP contribution in [0.5, 0.6) is 5.75 Å². The number of ether oxygens (including phenoxy) is 1. The van der Waals surface area contributed by atoms with Crippen molar-refractivity contribution in [2.45, 2.75) is 64.0 Å². The third-order valence-electron chi connectivity index (χ3n) is 8.37. The second kappa shape index (κ2) is 13.6. The molecule has 9 heteroatoms. The standard InChI is InChI=1S/C31H47N5O4/c1-5-6-15-33(16-7-8-19-36(2,3)4)29(37)23-34-22-26(24-10-11-28-25(21-24)13-20-40-28)30(31(38)39)27(34)12-18-35-17-9-14-32-35/h9-11,14,17,21,26-27,30H,5-8,12-13,15-16,18-20,22-23H2,1-4H3/p+1/t26-,27+,30-/m1/s1. The number of aryl methyl sites for hydroxylation is 1. The summed E-state index contributed by atoms with van der Waals surface area (Å²) in [6.07, 6.45) is 9.16. The van der Waals surface area contributed by atoms with E-state index >= 15 is 0 Å². The van der Waals surface area contributed by atoms with Gasteiger partial charge in [-0.25, -0.2) is 0 Å². The molecule has 0 spiro atoms. The molecule has 0 bridgehead atoms. The van der Waals surface area contributed by atoms with Gasteiger partial charge >= 0.3 is 5.97 Å². The van der Waals surface area contributed by atoms with Gasteiger partial charge in [-0.05, 0) is 48.9 Å². The molecule has 220 valence electrons. The number of benzene rings is 1.